The van der Waals surface area contributed by atoms with Gasteiger partial charge in [-0.2, -0.15) is 5.10 Å². The Hall–Kier alpha value is -2.91. The number of hydrazone groups is 1. The van der Waals surface area contributed by atoms with Gasteiger partial charge in [0.1, 0.15) is 18.2 Å². The SMILES string of the molecule is CCCOc1ccc(C(=O)N/N=C/c2cc(Br)cc(Br)c2OCc2cccc(F)c2)cc1OC. The largest absolute Gasteiger partial charge is 0.493 e. The number of hydrogen-bond acceptors (Lipinski definition) is 5. The third kappa shape index (κ3) is 7.04. The molecule has 0 radical (unpaired) electrons. The maximum atomic E-state index is 13.5. The molecule has 0 spiro atoms. The standard InChI is InChI=1S/C25H23Br2FN2O4/c1-3-9-33-22-8-7-17(12-23(22)32-2)25(31)30-29-14-18-11-19(26)13-21(27)24(18)34-15-16-5-4-6-20(28)10-16/h4-8,10-14H,3,9,15H2,1-2H3,(H,30,31)/b29-14+. The molecule has 0 atom stereocenters. The predicted molar refractivity (Wildman–Crippen MR) is 136 cm³/mol. The van der Waals surface area contributed by atoms with Crippen LogP contribution in [0.1, 0.15) is 34.8 Å². The Bertz CT molecular complexity index is 1190. The Labute approximate surface area is 214 Å². The quantitative estimate of drug-likeness (QED) is 0.215. The Morgan fingerprint density at radius 1 is 1.09 bits per heavy atom. The molecule has 0 unspecified atom stereocenters. The van der Waals surface area contributed by atoms with Crippen LogP contribution in [0.25, 0.3) is 0 Å². The number of methoxy groups -OCH3 is 1. The van der Waals surface area contributed by atoms with Crippen molar-refractivity contribution in [3.8, 4) is 17.2 Å². The van der Waals surface area contributed by atoms with E-state index in [0.29, 0.717) is 45.0 Å². The number of carbonyl (C=O) groups excluding carboxylic acids is 1. The zero-order chi connectivity index (χ0) is 24.5. The number of benzene rings is 3. The van der Waals surface area contributed by atoms with Crippen LogP contribution in [-0.2, 0) is 6.61 Å². The van der Waals surface area contributed by atoms with Crippen molar-refractivity contribution in [1.29, 1.82) is 0 Å². The maximum Gasteiger partial charge on any atom is 0.271 e. The van der Waals surface area contributed by atoms with E-state index < -0.39 is 5.91 Å². The Morgan fingerprint density at radius 2 is 1.91 bits per heavy atom. The molecule has 0 aromatic heterocycles. The van der Waals surface area contributed by atoms with Crippen LogP contribution in [0.15, 0.2) is 68.6 Å². The van der Waals surface area contributed by atoms with Gasteiger partial charge in [0.25, 0.3) is 5.91 Å². The molecule has 1 amide bonds. The molecule has 0 saturated carbocycles. The minimum atomic E-state index is -0.409. The molecule has 0 heterocycles. The van der Waals surface area contributed by atoms with Crippen LogP contribution >= 0.6 is 31.9 Å². The summed E-state index contributed by atoms with van der Waals surface area (Å²) in [5.41, 5.74) is 4.17. The van der Waals surface area contributed by atoms with Gasteiger partial charge in [0.05, 0.1) is 24.4 Å². The van der Waals surface area contributed by atoms with Gasteiger partial charge in [0.2, 0.25) is 0 Å². The van der Waals surface area contributed by atoms with Crippen LogP contribution in [-0.4, -0.2) is 25.8 Å². The molecular formula is C25H23Br2FN2O4. The van der Waals surface area contributed by atoms with Crippen LogP contribution in [0, 0.1) is 5.82 Å². The summed E-state index contributed by atoms with van der Waals surface area (Å²) in [5, 5.41) is 4.08. The van der Waals surface area contributed by atoms with Crippen molar-refractivity contribution in [1.82, 2.24) is 5.43 Å². The van der Waals surface area contributed by atoms with Crippen LogP contribution in [0.5, 0.6) is 17.2 Å². The molecule has 0 saturated heterocycles. The Balaban J connectivity index is 1.73. The molecular weight excluding hydrogens is 571 g/mol. The molecule has 9 heteroatoms. The van der Waals surface area contributed by atoms with Crippen LogP contribution in [0.3, 0.4) is 0 Å². The zero-order valence-electron chi connectivity index (χ0n) is 18.6. The van der Waals surface area contributed by atoms with Crippen molar-refractivity contribution in [3.05, 3.63) is 86.1 Å². The smallest absolute Gasteiger partial charge is 0.271 e. The second-order valence-electron chi connectivity index (χ2n) is 7.14. The van der Waals surface area contributed by atoms with Gasteiger partial charge >= 0.3 is 0 Å². The fourth-order valence-corrected chi connectivity index (χ4v) is 4.35. The van der Waals surface area contributed by atoms with E-state index in [0.717, 1.165) is 10.9 Å². The van der Waals surface area contributed by atoms with E-state index in [9.17, 15) is 9.18 Å². The highest BCUT2D eigenvalue weighted by atomic mass is 79.9. The molecule has 1 N–H and O–H groups in total. The van der Waals surface area contributed by atoms with Gasteiger partial charge in [-0.3, -0.25) is 4.79 Å². The number of ether oxygens (including phenoxy) is 3. The summed E-state index contributed by atoms with van der Waals surface area (Å²) in [6.07, 6.45) is 2.34. The maximum absolute atomic E-state index is 13.5. The van der Waals surface area contributed by atoms with Gasteiger partial charge in [-0.1, -0.05) is 35.0 Å². The second kappa shape index (κ2) is 12.5. The summed E-state index contributed by atoms with van der Waals surface area (Å²) in [5.74, 6) is 0.803. The monoisotopic (exact) mass is 592 g/mol. The van der Waals surface area contributed by atoms with Crippen LogP contribution < -0.4 is 19.6 Å². The summed E-state index contributed by atoms with van der Waals surface area (Å²) >= 11 is 6.92. The number of amides is 1. The zero-order valence-corrected chi connectivity index (χ0v) is 21.8. The highest BCUT2D eigenvalue weighted by Gasteiger charge is 2.12. The van der Waals surface area contributed by atoms with E-state index in [1.807, 2.05) is 13.0 Å². The fraction of sp³-hybridized carbons (Fsp3) is 0.200. The van der Waals surface area contributed by atoms with E-state index in [2.05, 4.69) is 42.4 Å². The third-order valence-corrected chi connectivity index (χ3v) is 5.61. The minimum absolute atomic E-state index is 0.164. The van der Waals surface area contributed by atoms with Crippen molar-refractivity contribution in [3.63, 3.8) is 0 Å². The number of hydrogen-bond donors (Lipinski definition) is 1. The van der Waals surface area contributed by atoms with E-state index in [1.54, 1.807) is 36.4 Å². The second-order valence-corrected chi connectivity index (χ2v) is 8.91. The first-order valence-electron chi connectivity index (χ1n) is 10.4. The lowest BCUT2D eigenvalue weighted by molar-refractivity contribution is 0.0954. The van der Waals surface area contributed by atoms with Gasteiger partial charge < -0.3 is 14.2 Å². The molecule has 34 heavy (non-hydrogen) atoms. The first-order valence-corrected chi connectivity index (χ1v) is 12.0. The number of rotatable bonds is 10. The first kappa shape index (κ1) is 25.7. The van der Waals surface area contributed by atoms with Crippen molar-refractivity contribution in [2.45, 2.75) is 20.0 Å². The van der Waals surface area contributed by atoms with Gasteiger partial charge in [-0.25, -0.2) is 9.82 Å². The third-order valence-electron chi connectivity index (χ3n) is 4.57. The lowest BCUT2D eigenvalue weighted by Crippen LogP contribution is -2.17. The minimum Gasteiger partial charge on any atom is -0.493 e. The highest BCUT2D eigenvalue weighted by molar-refractivity contribution is 9.11. The number of carbonyl (C=O) groups is 1. The average Bonchev–Trinajstić information content (AvgIpc) is 2.82. The summed E-state index contributed by atoms with van der Waals surface area (Å²) in [6.45, 7) is 2.73. The molecule has 0 aliphatic rings. The molecule has 6 nitrogen and oxygen atoms in total. The molecule has 3 aromatic carbocycles. The summed E-state index contributed by atoms with van der Waals surface area (Å²) < 4.78 is 31.8. The van der Waals surface area contributed by atoms with Crippen LogP contribution in [0.4, 0.5) is 4.39 Å². The van der Waals surface area contributed by atoms with Gasteiger partial charge in [-0.15, -0.1) is 0 Å². The molecule has 178 valence electrons. The number of nitrogens with zero attached hydrogens (tertiary/aromatic N) is 1. The van der Waals surface area contributed by atoms with Crippen molar-refractivity contribution < 1.29 is 23.4 Å². The topological polar surface area (TPSA) is 69.2 Å². The fourth-order valence-electron chi connectivity index (χ4n) is 2.98. The first-order chi connectivity index (χ1) is 16.4. The summed E-state index contributed by atoms with van der Waals surface area (Å²) in [7, 11) is 1.52. The molecule has 0 fully saturated rings. The van der Waals surface area contributed by atoms with E-state index in [4.69, 9.17) is 14.2 Å². The lowest BCUT2D eigenvalue weighted by Gasteiger charge is -2.12. The van der Waals surface area contributed by atoms with Gasteiger partial charge in [0.15, 0.2) is 11.5 Å². The van der Waals surface area contributed by atoms with Crippen molar-refractivity contribution in [2.75, 3.05) is 13.7 Å². The van der Waals surface area contributed by atoms with Crippen molar-refractivity contribution >= 4 is 44.0 Å². The number of halogens is 3. The molecule has 0 aliphatic carbocycles. The average molecular weight is 594 g/mol. The molecule has 3 rings (SSSR count). The number of nitrogens with one attached hydrogen (secondary N) is 1. The van der Waals surface area contributed by atoms with Gasteiger partial charge in [0, 0.05) is 15.6 Å². The molecule has 0 bridgehead atoms. The Kier molecular flexibility index (Phi) is 9.47. The Morgan fingerprint density at radius 3 is 2.65 bits per heavy atom. The summed E-state index contributed by atoms with van der Waals surface area (Å²) in [4.78, 5) is 12.6. The van der Waals surface area contributed by atoms with E-state index in [1.165, 1.54) is 25.5 Å². The summed E-state index contributed by atoms with van der Waals surface area (Å²) in [6, 6.07) is 14.7. The predicted octanol–water partition coefficient (Wildman–Crippen LogP) is 6.49. The normalized spacial score (nSPS) is 10.9. The lowest BCUT2D eigenvalue weighted by atomic mass is 10.2. The molecule has 3 aromatic rings. The van der Waals surface area contributed by atoms with Crippen molar-refractivity contribution in [2.24, 2.45) is 5.10 Å². The van der Waals surface area contributed by atoms with E-state index >= 15 is 0 Å². The molecule has 0 aliphatic heterocycles. The van der Waals surface area contributed by atoms with E-state index in [-0.39, 0.29) is 12.4 Å². The van der Waals surface area contributed by atoms with Crippen LogP contribution in [0.2, 0.25) is 0 Å². The van der Waals surface area contributed by atoms with Gasteiger partial charge in [-0.05, 0) is 70.4 Å². The highest BCUT2D eigenvalue weighted by Crippen LogP contribution is 2.33.